The SMILES string of the molecule is O=S1(=O)C=CON=C1. The van der Waals surface area contributed by atoms with Crippen LogP contribution >= 0.6 is 0 Å². The van der Waals surface area contributed by atoms with Crippen LogP contribution < -0.4 is 0 Å². The first-order valence-corrected chi connectivity index (χ1v) is 3.42. The van der Waals surface area contributed by atoms with Gasteiger partial charge in [0.05, 0.1) is 5.41 Å². The molecule has 1 heterocycles. The van der Waals surface area contributed by atoms with Crippen molar-refractivity contribution in [2.24, 2.45) is 5.16 Å². The molecule has 0 aromatic heterocycles. The van der Waals surface area contributed by atoms with Crippen LogP contribution in [0.1, 0.15) is 0 Å². The Morgan fingerprint density at radius 2 is 2.25 bits per heavy atom. The molecule has 0 aromatic rings. The van der Waals surface area contributed by atoms with Crippen LogP contribution in [-0.2, 0) is 14.7 Å². The fourth-order valence-electron chi connectivity index (χ4n) is 0.257. The fourth-order valence-corrected chi connectivity index (χ4v) is 0.702. The van der Waals surface area contributed by atoms with Crippen molar-refractivity contribution in [3.05, 3.63) is 11.7 Å². The lowest BCUT2D eigenvalue weighted by atomic mass is 11.2. The van der Waals surface area contributed by atoms with Gasteiger partial charge in [0.2, 0.25) is 9.84 Å². The minimum atomic E-state index is -3.18. The highest BCUT2D eigenvalue weighted by atomic mass is 32.2. The fraction of sp³-hybridized carbons (Fsp3) is 0. The molecule has 0 N–H and O–H groups in total. The second-order valence-corrected chi connectivity index (χ2v) is 2.84. The van der Waals surface area contributed by atoms with Crippen molar-refractivity contribution in [3.63, 3.8) is 0 Å². The molecule has 0 fully saturated rings. The van der Waals surface area contributed by atoms with Gasteiger partial charge < -0.3 is 4.84 Å². The zero-order chi connectivity index (χ0) is 6.04. The van der Waals surface area contributed by atoms with Crippen molar-refractivity contribution in [3.8, 4) is 0 Å². The number of rotatable bonds is 0. The second kappa shape index (κ2) is 1.59. The van der Waals surface area contributed by atoms with E-state index in [1.807, 2.05) is 0 Å². The summed E-state index contributed by atoms with van der Waals surface area (Å²) in [6, 6.07) is 0. The van der Waals surface area contributed by atoms with Gasteiger partial charge in [0, 0.05) is 0 Å². The number of oxime groups is 1. The lowest BCUT2D eigenvalue weighted by Gasteiger charge is -1.92. The Morgan fingerprint density at radius 3 is 2.50 bits per heavy atom. The average molecular weight is 133 g/mol. The minimum absolute atomic E-state index is 0.743. The van der Waals surface area contributed by atoms with E-state index in [9.17, 15) is 8.42 Å². The Kier molecular flexibility index (Phi) is 1.05. The van der Waals surface area contributed by atoms with E-state index in [4.69, 9.17) is 0 Å². The highest BCUT2D eigenvalue weighted by Gasteiger charge is 2.03. The molecule has 0 aromatic carbocycles. The van der Waals surface area contributed by atoms with Crippen molar-refractivity contribution in [2.75, 3.05) is 0 Å². The predicted octanol–water partition coefficient (Wildman–Crippen LogP) is -0.154. The maximum absolute atomic E-state index is 10.3. The van der Waals surface area contributed by atoms with E-state index in [0.29, 0.717) is 0 Å². The van der Waals surface area contributed by atoms with Crippen LogP contribution in [0.3, 0.4) is 0 Å². The molecule has 1 rings (SSSR count). The highest BCUT2D eigenvalue weighted by molar-refractivity contribution is 8.07. The Morgan fingerprint density at radius 1 is 1.50 bits per heavy atom. The standard InChI is InChI=1S/C3H3NO3S/c5-8(6)2-1-7-4-3-8/h1-3H. The van der Waals surface area contributed by atoms with Gasteiger partial charge in [-0.25, -0.2) is 8.42 Å². The lowest BCUT2D eigenvalue weighted by molar-refractivity contribution is 0.270. The number of sulfone groups is 1. The number of nitrogens with zero attached hydrogens (tertiary/aromatic N) is 1. The molecule has 1 aliphatic heterocycles. The first-order valence-electron chi connectivity index (χ1n) is 1.81. The van der Waals surface area contributed by atoms with E-state index < -0.39 is 9.84 Å². The van der Waals surface area contributed by atoms with Crippen LogP contribution in [0.25, 0.3) is 0 Å². The Hall–Kier alpha value is -0.840. The van der Waals surface area contributed by atoms with Crippen molar-refractivity contribution in [1.29, 1.82) is 0 Å². The molecule has 0 bridgehead atoms. The third kappa shape index (κ3) is 1.06. The lowest BCUT2D eigenvalue weighted by Crippen LogP contribution is -1.99. The molecule has 0 saturated heterocycles. The molecule has 0 atom stereocenters. The van der Waals surface area contributed by atoms with Gasteiger partial charge in [0.25, 0.3) is 0 Å². The van der Waals surface area contributed by atoms with E-state index in [1.165, 1.54) is 0 Å². The van der Waals surface area contributed by atoms with Gasteiger partial charge in [-0.05, 0) is 0 Å². The zero-order valence-corrected chi connectivity index (χ0v) is 4.63. The van der Waals surface area contributed by atoms with E-state index in [-0.39, 0.29) is 0 Å². The molecule has 0 radical (unpaired) electrons. The van der Waals surface area contributed by atoms with Crippen LogP contribution in [0.15, 0.2) is 16.8 Å². The summed E-state index contributed by atoms with van der Waals surface area (Å²) in [5.41, 5.74) is 0.743. The van der Waals surface area contributed by atoms with Gasteiger partial charge in [-0.3, -0.25) is 0 Å². The molecule has 1 aliphatic rings. The van der Waals surface area contributed by atoms with Crippen LogP contribution in [0.2, 0.25) is 0 Å². The van der Waals surface area contributed by atoms with Crippen molar-refractivity contribution in [2.45, 2.75) is 0 Å². The summed E-state index contributed by atoms with van der Waals surface area (Å²) < 4.78 is 20.7. The second-order valence-electron chi connectivity index (χ2n) is 1.18. The molecule has 0 unspecified atom stereocenters. The van der Waals surface area contributed by atoms with Crippen LogP contribution in [0.5, 0.6) is 0 Å². The molecular formula is C3H3NO3S. The van der Waals surface area contributed by atoms with Gasteiger partial charge in [-0.2, -0.15) is 0 Å². The summed E-state index contributed by atoms with van der Waals surface area (Å²) in [5.74, 6) is 0. The normalized spacial score (nSPS) is 22.5. The molecule has 8 heavy (non-hydrogen) atoms. The molecule has 0 spiro atoms. The molecule has 4 nitrogen and oxygen atoms in total. The molecule has 0 amide bonds. The smallest absolute Gasteiger partial charge is 0.216 e. The summed E-state index contributed by atoms with van der Waals surface area (Å²) in [7, 11) is -3.18. The highest BCUT2D eigenvalue weighted by Crippen LogP contribution is 1.94. The monoisotopic (exact) mass is 133 g/mol. The molecule has 0 saturated carbocycles. The topological polar surface area (TPSA) is 55.7 Å². The zero-order valence-electron chi connectivity index (χ0n) is 3.81. The van der Waals surface area contributed by atoms with Gasteiger partial charge in [0.15, 0.2) is 5.55 Å². The third-order valence-corrected chi connectivity index (χ3v) is 1.43. The van der Waals surface area contributed by atoms with E-state index in [1.54, 1.807) is 0 Å². The van der Waals surface area contributed by atoms with Gasteiger partial charge >= 0.3 is 0 Å². The number of hydrogen-bond donors (Lipinski definition) is 0. The maximum Gasteiger partial charge on any atom is 0.216 e. The van der Waals surface area contributed by atoms with Crippen LogP contribution in [-0.4, -0.2) is 14.0 Å². The summed E-state index contributed by atoms with van der Waals surface area (Å²) in [6.45, 7) is 0. The minimum Gasteiger partial charge on any atom is -0.363 e. The first-order chi connectivity index (χ1) is 3.71. The van der Waals surface area contributed by atoms with Crippen molar-refractivity contribution < 1.29 is 13.3 Å². The quantitative estimate of drug-likeness (QED) is 0.461. The van der Waals surface area contributed by atoms with Crippen LogP contribution in [0, 0.1) is 0 Å². The van der Waals surface area contributed by atoms with E-state index in [0.717, 1.165) is 17.2 Å². The Balaban J connectivity index is 3.03. The summed E-state index contributed by atoms with van der Waals surface area (Å²) >= 11 is 0. The Bertz CT molecular complexity index is 207. The van der Waals surface area contributed by atoms with Gasteiger partial charge in [-0.1, -0.05) is 5.16 Å². The summed E-state index contributed by atoms with van der Waals surface area (Å²) in [6.07, 6.45) is 1.01. The van der Waals surface area contributed by atoms with E-state index >= 15 is 0 Å². The largest absolute Gasteiger partial charge is 0.363 e. The first kappa shape index (κ1) is 5.30. The van der Waals surface area contributed by atoms with Crippen molar-refractivity contribution in [1.82, 2.24) is 0 Å². The van der Waals surface area contributed by atoms with E-state index in [2.05, 4.69) is 9.99 Å². The summed E-state index contributed by atoms with van der Waals surface area (Å²) in [5, 5.41) is 3.96. The van der Waals surface area contributed by atoms with Gasteiger partial charge in [0.1, 0.15) is 6.26 Å². The average Bonchev–Trinajstić information content (AvgIpc) is 1.65. The van der Waals surface area contributed by atoms with Crippen molar-refractivity contribution >= 4 is 15.4 Å². The third-order valence-electron chi connectivity index (χ3n) is 0.557. The molecular weight excluding hydrogens is 130 g/mol. The van der Waals surface area contributed by atoms with Crippen LogP contribution in [0.4, 0.5) is 0 Å². The molecule has 0 aliphatic carbocycles. The predicted molar refractivity (Wildman–Crippen MR) is 27.6 cm³/mol. The van der Waals surface area contributed by atoms with Gasteiger partial charge in [-0.15, -0.1) is 0 Å². The Labute approximate surface area is 46.4 Å². The maximum atomic E-state index is 10.3. The molecule has 5 heteroatoms. The molecule has 44 valence electrons. The summed E-state index contributed by atoms with van der Waals surface area (Å²) in [4.78, 5) is 4.21. The number of hydrogen-bond acceptors (Lipinski definition) is 4.